The van der Waals surface area contributed by atoms with Crippen molar-refractivity contribution < 1.29 is 0 Å². The van der Waals surface area contributed by atoms with E-state index >= 15 is 0 Å². The summed E-state index contributed by atoms with van der Waals surface area (Å²) in [4.78, 5) is 2.54. The number of thiophene rings is 1. The molecule has 0 unspecified atom stereocenters. The summed E-state index contributed by atoms with van der Waals surface area (Å²) in [5.74, 6) is 0.679. The van der Waals surface area contributed by atoms with Crippen LogP contribution in [0.2, 0.25) is 0 Å². The van der Waals surface area contributed by atoms with Crippen LogP contribution in [0, 0.1) is 0 Å². The summed E-state index contributed by atoms with van der Waals surface area (Å²) in [7, 11) is 0. The predicted molar refractivity (Wildman–Crippen MR) is 300 cm³/mol. The van der Waals surface area contributed by atoms with E-state index in [0.29, 0.717) is 5.92 Å². The molecule has 2 aromatic heterocycles. The number of hydrogen-bond donors (Lipinski definition) is 0. The quantitative estimate of drug-likeness (QED) is 0.138. The van der Waals surface area contributed by atoms with E-state index in [-0.39, 0.29) is 5.41 Å². The third-order valence-corrected chi connectivity index (χ3v) is 17.0. The monoisotopic (exact) mass is 906 g/mol. The molecule has 2 aliphatic rings. The standard InChI is InChI=1S/C66H54N2S/c1-5-6-19-52-42(2)66(3,4)59-40-50(31-34-54(52)59)67(51-32-35-58-57-33-28-47(43-16-8-7-9-17-43)39-63(57)69-64(58)41-51)62-36-29-44-18-10-11-20-53(44)65(62)48-26-25-46-38-49(30-27-45(46)37-48)68-60-23-14-12-21-55(60)56-22-13-15-24-61(56)68/h5-6,10-15,18-41,43H,1,7-9,16-17H2,2-4H3/b19-6-. The molecule has 0 bridgehead atoms. The van der Waals surface area contributed by atoms with Crippen molar-refractivity contribution in [3.63, 3.8) is 0 Å². The number of aromatic nitrogens is 1. The summed E-state index contributed by atoms with van der Waals surface area (Å²) in [6, 6.07) is 66.8. The van der Waals surface area contributed by atoms with E-state index in [1.807, 2.05) is 17.4 Å². The number of anilines is 3. The van der Waals surface area contributed by atoms with Crippen LogP contribution >= 0.6 is 11.3 Å². The maximum absolute atomic E-state index is 3.99. The molecule has 2 heterocycles. The van der Waals surface area contributed by atoms with Gasteiger partial charge in [-0.2, -0.15) is 0 Å². The van der Waals surface area contributed by atoms with Gasteiger partial charge < -0.3 is 9.47 Å². The first-order chi connectivity index (χ1) is 33.8. The van der Waals surface area contributed by atoms with Gasteiger partial charge in [0.1, 0.15) is 0 Å². The Morgan fingerprint density at radius 1 is 0.594 bits per heavy atom. The number of fused-ring (bicyclic) bond motifs is 9. The van der Waals surface area contributed by atoms with E-state index in [9.17, 15) is 0 Å². The lowest BCUT2D eigenvalue weighted by Crippen LogP contribution is -2.17. The van der Waals surface area contributed by atoms with E-state index < -0.39 is 0 Å². The molecule has 0 radical (unpaired) electrons. The van der Waals surface area contributed by atoms with Gasteiger partial charge in [-0.1, -0.05) is 173 Å². The molecule has 69 heavy (non-hydrogen) atoms. The van der Waals surface area contributed by atoms with Gasteiger partial charge in [-0.3, -0.25) is 0 Å². The molecule has 0 aliphatic heterocycles. The van der Waals surface area contributed by atoms with Gasteiger partial charge in [-0.05, 0) is 142 Å². The first-order valence-corrected chi connectivity index (χ1v) is 25.6. The Labute approximate surface area is 408 Å². The molecule has 13 rings (SSSR count). The van der Waals surface area contributed by atoms with Gasteiger partial charge in [0.2, 0.25) is 0 Å². The molecule has 0 spiro atoms. The second-order valence-corrected chi connectivity index (χ2v) is 21.1. The van der Waals surface area contributed by atoms with Crippen molar-refractivity contribution >= 4 is 97.5 Å². The predicted octanol–water partition coefficient (Wildman–Crippen LogP) is 19.4. The van der Waals surface area contributed by atoms with Crippen LogP contribution in [-0.4, -0.2) is 4.57 Å². The van der Waals surface area contributed by atoms with Crippen molar-refractivity contribution in [1.29, 1.82) is 0 Å². The smallest absolute Gasteiger partial charge is 0.0546 e. The number of allylic oxidation sites excluding steroid dienone is 5. The Bertz CT molecular complexity index is 3900. The summed E-state index contributed by atoms with van der Waals surface area (Å²) in [5.41, 5.74) is 16.2. The largest absolute Gasteiger partial charge is 0.310 e. The first kappa shape index (κ1) is 41.7. The number of rotatable bonds is 8. The summed E-state index contributed by atoms with van der Waals surface area (Å²) in [6.07, 6.45) is 12.9. The van der Waals surface area contributed by atoms with Gasteiger partial charge in [-0.25, -0.2) is 0 Å². The number of benzene rings is 9. The third kappa shape index (κ3) is 6.73. The van der Waals surface area contributed by atoms with E-state index in [4.69, 9.17) is 0 Å². The van der Waals surface area contributed by atoms with Gasteiger partial charge in [0.05, 0.1) is 16.7 Å². The van der Waals surface area contributed by atoms with Gasteiger partial charge in [0.15, 0.2) is 0 Å². The molecule has 0 saturated heterocycles. The average molecular weight is 907 g/mol. The fraction of sp³-hybridized carbons (Fsp3) is 0.152. The van der Waals surface area contributed by atoms with Crippen LogP contribution < -0.4 is 4.90 Å². The van der Waals surface area contributed by atoms with Gasteiger partial charge >= 0.3 is 0 Å². The topological polar surface area (TPSA) is 8.17 Å². The number of hydrogen-bond acceptors (Lipinski definition) is 2. The summed E-state index contributed by atoms with van der Waals surface area (Å²) in [5, 5.41) is 10.1. The fourth-order valence-electron chi connectivity index (χ4n) is 12.1. The molecule has 334 valence electrons. The highest BCUT2D eigenvalue weighted by atomic mass is 32.1. The molecule has 11 aromatic rings. The highest BCUT2D eigenvalue weighted by Crippen LogP contribution is 2.52. The average Bonchev–Trinajstić information content (AvgIpc) is 3.99. The van der Waals surface area contributed by atoms with E-state index in [2.05, 4.69) is 225 Å². The lowest BCUT2D eigenvalue weighted by Gasteiger charge is -2.31. The zero-order valence-electron chi connectivity index (χ0n) is 39.6. The molecular weight excluding hydrogens is 853 g/mol. The molecule has 2 aliphatic carbocycles. The SMILES string of the molecule is C=C/C=C\C1=C(C)C(C)(C)c2cc(N(c3ccc4c(c3)sc3cc(C5CCCCC5)ccc34)c3ccc4ccccc4c3-c3ccc4cc(-n5c6ccccc6c6ccccc65)ccc4c3)ccc21. The Hall–Kier alpha value is -7.46. The van der Waals surface area contributed by atoms with Crippen LogP contribution in [0.4, 0.5) is 17.1 Å². The molecule has 3 heteroatoms. The van der Waals surface area contributed by atoms with Crippen LogP contribution in [0.25, 0.3) is 85.9 Å². The lowest BCUT2D eigenvalue weighted by molar-refractivity contribution is 0.444. The molecule has 0 N–H and O–H groups in total. The zero-order chi connectivity index (χ0) is 46.4. The van der Waals surface area contributed by atoms with E-state index in [1.54, 1.807) is 0 Å². The molecule has 2 nitrogen and oxygen atoms in total. The van der Waals surface area contributed by atoms with Gasteiger partial charge in [0, 0.05) is 59.0 Å². The molecule has 0 amide bonds. The summed E-state index contributed by atoms with van der Waals surface area (Å²) >= 11 is 1.94. The normalized spacial score (nSPS) is 15.2. The molecule has 1 fully saturated rings. The van der Waals surface area contributed by atoms with Crippen molar-refractivity contribution in [2.75, 3.05) is 4.90 Å². The highest BCUT2D eigenvalue weighted by molar-refractivity contribution is 7.25. The van der Waals surface area contributed by atoms with Crippen LogP contribution in [0.1, 0.15) is 75.5 Å². The first-order valence-electron chi connectivity index (χ1n) is 24.8. The second kappa shape index (κ2) is 16.4. The van der Waals surface area contributed by atoms with Crippen LogP contribution in [-0.2, 0) is 5.41 Å². The third-order valence-electron chi connectivity index (χ3n) is 15.9. The molecule has 1 saturated carbocycles. The van der Waals surface area contributed by atoms with E-state index in [1.165, 1.54) is 140 Å². The number of nitrogens with zero attached hydrogens (tertiary/aromatic N) is 2. The van der Waals surface area contributed by atoms with Crippen LogP contribution in [0.3, 0.4) is 0 Å². The molecule has 0 atom stereocenters. The fourth-order valence-corrected chi connectivity index (χ4v) is 13.2. The zero-order valence-corrected chi connectivity index (χ0v) is 40.4. The van der Waals surface area contributed by atoms with Gasteiger partial charge in [-0.15, -0.1) is 11.3 Å². The van der Waals surface area contributed by atoms with Crippen molar-refractivity contribution in [3.8, 4) is 16.8 Å². The maximum atomic E-state index is 3.99. The summed E-state index contributed by atoms with van der Waals surface area (Å²) < 4.78 is 5.12. The van der Waals surface area contributed by atoms with Crippen molar-refractivity contribution in [3.05, 3.63) is 223 Å². The van der Waals surface area contributed by atoms with Crippen molar-refractivity contribution in [2.24, 2.45) is 0 Å². The van der Waals surface area contributed by atoms with E-state index in [0.717, 1.165) is 17.1 Å². The highest BCUT2D eigenvalue weighted by Gasteiger charge is 2.35. The minimum atomic E-state index is -0.147. The maximum Gasteiger partial charge on any atom is 0.0546 e. The lowest BCUT2D eigenvalue weighted by atomic mass is 9.81. The minimum Gasteiger partial charge on any atom is -0.310 e. The van der Waals surface area contributed by atoms with Crippen LogP contribution in [0.15, 0.2) is 206 Å². The molecule has 9 aromatic carbocycles. The minimum absolute atomic E-state index is 0.147. The Morgan fingerprint density at radius 2 is 1.25 bits per heavy atom. The Balaban J connectivity index is 1.000. The van der Waals surface area contributed by atoms with Crippen molar-refractivity contribution in [1.82, 2.24) is 4.57 Å². The Kier molecular flexibility index (Phi) is 9.89. The molecular formula is C66H54N2S. The van der Waals surface area contributed by atoms with Crippen molar-refractivity contribution in [2.45, 2.75) is 64.2 Å². The Morgan fingerprint density at radius 3 is 2.03 bits per heavy atom. The summed E-state index contributed by atoms with van der Waals surface area (Å²) in [6.45, 7) is 11.0. The number of para-hydroxylation sites is 2. The second-order valence-electron chi connectivity index (χ2n) is 20.0. The van der Waals surface area contributed by atoms with Gasteiger partial charge in [0.25, 0.3) is 0 Å². The van der Waals surface area contributed by atoms with Crippen LogP contribution in [0.5, 0.6) is 0 Å².